The number of benzene rings is 2. The number of ketones is 1. The Bertz CT molecular complexity index is 675. The van der Waals surface area contributed by atoms with Gasteiger partial charge in [-0.25, -0.2) is 0 Å². The Balaban J connectivity index is 1.93. The second kappa shape index (κ2) is 7.58. The fourth-order valence-corrected chi connectivity index (χ4v) is 2.27. The molecule has 0 atom stereocenters. The van der Waals surface area contributed by atoms with E-state index in [1.807, 2.05) is 36.4 Å². The first-order valence-corrected chi connectivity index (χ1v) is 7.51. The van der Waals surface area contributed by atoms with Crippen LogP contribution in [0.15, 0.2) is 48.5 Å². The van der Waals surface area contributed by atoms with Crippen molar-refractivity contribution in [3.05, 3.63) is 59.7 Å². The zero-order chi connectivity index (χ0) is 16.8. The molecule has 23 heavy (non-hydrogen) atoms. The van der Waals surface area contributed by atoms with E-state index in [-0.39, 0.29) is 11.7 Å². The minimum Gasteiger partial charge on any atom is -0.497 e. The normalized spacial score (nSPS) is 10.2. The molecule has 0 aliphatic rings. The molecule has 0 spiro atoms. The van der Waals surface area contributed by atoms with Gasteiger partial charge in [-0.05, 0) is 43.2 Å². The molecule has 4 nitrogen and oxygen atoms in total. The SMILES string of the molecule is COc1ccc(N(C)C(=O)CCc2ccc(C(C)=O)cc2)cc1. The lowest BCUT2D eigenvalue weighted by molar-refractivity contribution is -0.118. The lowest BCUT2D eigenvalue weighted by atomic mass is 10.1. The van der Waals surface area contributed by atoms with Crippen molar-refractivity contribution < 1.29 is 14.3 Å². The molecule has 1 amide bonds. The number of aryl methyl sites for hydroxylation is 1. The number of carbonyl (C=O) groups excluding carboxylic acids is 2. The highest BCUT2D eigenvalue weighted by Crippen LogP contribution is 2.19. The molecule has 0 aliphatic carbocycles. The summed E-state index contributed by atoms with van der Waals surface area (Å²) in [6.45, 7) is 1.54. The van der Waals surface area contributed by atoms with Crippen molar-refractivity contribution in [2.45, 2.75) is 19.8 Å². The molecule has 0 unspecified atom stereocenters. The molecule has 2 aromatic rings. The summed E-state index contributed by atoms with van der Waals surface area (Å²) in [4.78, 5) is 25.2. The van der Waals surface area contributed by atoms with Gasteiger partial charge >= 0.3 is 0 Å². The van der Waals surface area contributed by atoms with Crippen LogP contribution in [-0.2, 0) is 11.2 Å². The van der Waals surface area contributed by atoms with Crippen LogP contribution in [0.3, 0.4) is 0 Å². The molecule has 0 fully saturated rings. The Hall–Kier alpha value is -2.62. The van der Waals surface area contributed by atoms with Gasteiger partial charge in [-0.3, -0.25) is 9.59 Å². The van der Waals surface area contributed by atoms with E-state index in [4.69, 9.17) is 4.74 Å². The largest absolute Gasteiger partial charge is 0.497 e. The topological polar surface area (TPSA) is 46.6 Å². The number of carbonyl (C=O) groups is 2. The van der Waals surface area contributed by atoms with Crippen LogP contribution in [0.4, 0.5) is 5.69 Å². The van der Waals surface area contributed by atoms with Gasteiger partial charge in [-0.2, -0.15) is 0 Å². The summed E-state index contributed by atoms with van der Waals surface area (Å²) in [6, 6.07) is 14.8. The first-order chi connectivity index (χ1) is 11.0. The molecular weight excluding hydrogens is 290 g/mol. The highest BCUT2D eigenvalue weighted by Gasteiger charge is 2.11. The molecule has 0 bridgehead atoms. The summed E-state index contributed by atoms with van der Waals surface area (Å²) in [5, 5.41) is 0. The monoisotopic (exact) mass is 311 g/mol. The number of ether oxygens (including phenoxy) is 1. The van der Waals surface area contributed by atoms with Crippen molar-refractivity contribution in [1.82, 2.24) is 0 Å². The predicted octanol–water partition coefficient (Wildman–Crippen LogP) is 3.49. The van der Waals surface area contributed by atoms with Gasteiger partial charge in [0, 0.05) is 24.7 Å². The Morgan fingerprint density at radius 1 is 1.00 bits per heavy atom. The van der Waals surface area contributed by atoms with Crippen LogP contribution in [0.25, 0.3) is 0 Å². The van der Waals surface area contributed by atoms with E-state index < -0.39 is 0 Å². The molecule has 0 aliphatic heterocycles. The maximum Gasteiger partial charge on any atom is 0.227 e. The number of hydrogen-bond donors (Lipinski definition) is 0. The first kappa shape index (κ1) is 16.7. The van der Waals surface area contributed by atoms with E-state index in [1.54, 1.807) is 38.1 Å². The van der Waals surface area contributed by atoms with Gasteiger partial charge in [-0.15, -0.1) is 0 Å². The third-order valence-corrected chi connectivity index (χ3v) is 3.82. The van der Waals surface area contributed by atoms with Crippen molar-refractivity contribution in [3.63, 3.8) is 0 Å². The highest BCUT2D eigenvalue weighted by atomic mass is 16.5. The zero-order valence-electron chi connectivity index (χ0n) is 13.7. The highest BCUT2D eigenvalue weighted by molar-refractivity contribution is 5.94. The number of Topliss-reactive ketones (excluding diaryl/α,β-unsaturated/α-hetero) is 1. The van der Waals surface area contributed by atoms with Crippen LogP contribution in [0, 0.1) is 0 Å². The van der Waals surface area contributed by atoms with Crippen LogP contribution in [0.5, 0.6) is 5.75 Å². The molecule has 4 heteroatoms. The van der Waals surface area contributed by atoms with E-state index in [0.717, 1.165) is 17.0 Å². The minimum absolute atomic E-state index is 0.0470. The number of methoxy groups -OCH3 is 1. The van der Waals surface area contributed by atoms with Crippen LogP contribution < -0.4 is 9.64 Å². The van der Waals surface area contributed by atoms with Gasteiger partial charge in [0.05, 0.1) is 7.11 Å². The van der Waals surface area contributed by atoms with Crippen LogP contribution >= 0.6 is 0 Å². The van der Waals surface area contributed by atoms with Crippen LogP contribution in [0.1, 0.15) is 29.3 Å². The third kappa shape index (κ3) is 4.42. The van der Waals surface area contributed by atoms with E-state index >= 15 is 0 Å². The number of rotatable bonds is 6. The average Bonchev–Trinajstić information content (AvgIpc) is 2.59. The zero-order valence-corrected chi connectivity index (χ0v) is 13.7. The number of amides is 1. The summed E-state index contributed by atoms with van der Waals surface area (Å²) in [7, 11) is 3.38. The predicted molar refractivity (Wildman–Crippen MR) is 91.2 cm³/mol. The van der Waals surface area contributed by atoms with E-state index in [2.05, 4.69) is 0 Å². The quantitative estimate of drug-likeness (QED) is 0.767. The standard InChI is InChI=1S/C19H21NO3/c1-14(21)16-7-4-15(5-8-16)6-13-19(22)20(2)17-9-11-18(23-3)12-10-17/h4-5,7-12H,6,13H2,1-3H3. The summed E-state index contributed by atoms with van der Waals surface area (Å²) in [5.74, 6) is 0.859. The summed E-state index contributed by atoms with van der Waals surface area (Å²) in [5.41, 5.74) is 2.57. The maximum atomic E-state index is 12.3. The smallest absolute Gasteiger partial charge is 0.227 e. The lowest BCUT2D eigenvalue weighted by Crippen LogP contribution is -2.26. The summed E-state index contributed by atoms with van der Waals surface area (Å²) in [6.07, 6.45) is 1.07. The van der Waals surface area contributed by atoms with Gasteiger partial charge in [0.15, 0.2) is 5.78 Å². The number of anilines is 1. The van der Waals surface area contributed by atoms with Crippen molar-refractivity contribution in [3.8, 4) is 5.75 Å². The Morgan fingerprint density at radius 2 is 1.61 bits per heavy atom. The van der Waals surface area contributed by atoms with Gasteiger partial charge in [0.25, 0.3) is 0 Å². The molecular formula is C19H21NO3. The maximum absolute atomic E-state index is 12.3. The fourth-order valence-electron chi connectivity index (χ4n) is 2.27. The van der Waals surface area contributed by atoms with Crippen LogP contribution in [-0.4, -0.2) is 25.8 Å². The van der Waals surface area contributed by atoms with Crippen molar-refractivity contribution in [1.29, 1.82) is 0 Å². The number of hydrogen-bond acceptors (Lipinski definition) is 3. The first-order valence-electron chi connectivity index (χ1n) is 7.51. The molecule has 0 aromatic heterocycles. The van der Waals surface area contributed by atoms with Gasteiger partial charge < -0.3 is 9.64 Å². The second-order valence-electron chi connectivity index (χ2n) is 5.40. The van der Waals surface area contributed by atoms with E-state index in [0.29, 0.717) is 18.4 Å². The van der Waals surface area contributed by atoms with E-state index in [1.165, 1.54) is 0 Å². The van der Waals surface area contributed by atoms with Crippen LogP contribution in [0.2, 0.25) is 0 Å². The summed E-state index contributed by atoms with van der Waals surface area (Å²) >= 11 is 0. The number of nitrogens with zero attached hydrogens (tertiary/aromatic N) is 1. The average molecular weight is 311 g/mol. The van der Waals surface area contributed by atoms with Gasteiger partial charge in [0.2, 0.25) is 5.91 Å². The molecule has 0 radical (unpaired) electrons. The summed E-state index contributed by atoms with van der Waals surface area (Å²) < 4.78 is 5.11. The third-order valence-electron chi connectivity index (χ3n) is 3.82. The molecule has 0 N–H and O–H groups in total. The molecule has 2 aromatic carbocycles. The molecule has 0 heterocycles. The van der Waals surface area contributed by atoms with Crippen molar-refractivity contribution in [2.24, 2.45) is 0 Å². The molecule has 2 rings (SSSR count). The fraction of sp³-hybridized carbons (Fsp3) is 0.263. The van der Waals surface area contributed by atoms with Crippen molar-refractivity contribution >= 4 is 17.4 Å². The van der Waals surface area contributed by atoms with Gasteiger partial charge in [-0.1, -0.05) is 24.3 Å². The van der Waals surface area contributed by atoms with E-state index in [9.17, 15) is 9.59 Å². The molecule has 120 valence electrons. The minimum atomic E-state index is 0.0470. The second-order valence-corrected chi connectivity index (χ2v) is 5.40. The molecule has 0 saturated carbocycles. The Labute approximate surface area is 136 Å². The van der Waals surface area contributed by atoms with Gasteiger partial charge in [0.1, 0.15) is 5.75 Å². The lowest BCUT2D eigenvalue weighted by Gasteiger charge is -2.17. The Morgan fingerprint density at radius 3 is 2.13 bits per heavy atom. The Kier molecular flexibility index (Phi) is 5.52. The van der Waals surface area contributed by atoms with Crippen molar-refractivity contribution in [2.75, 3.05) is 19.1 Å². The molecule has 0 saturated heterocycles.